The van der Waals surface area contributed by atoms with Gasteiger partial charge in [0.15, 0.2) is 0 Å². The first-order valence-corrected chi connectivity index (χ1v) is 8.63. The molecular weight excluding hydrogens is 323 g/mol. The molecule has 2 aromatic rings. The first-order valence-electron chi connectivity index (χ1n) is 8.63. The van der Waals surface area contributed by atoms with E-state index in [1.54, 1.807) is 30.7 Å². The van der Waals surface area contributed by atoms with Crippen molar-refractivity contribution in [3.63, 3.8) is 0 Å². The summed E-state index contributed by atoms with van der Waals surface area (Å²) >= 11 is 0. The zero-order valence-corrected chi connectivity index (χ0v) is 14.8. The number of carbonyl (C=O) groups excluding carboxylic acids is 1. The summed E-state index contributed by atoms with van der Waals surface area (Å²) in [4.78, 5) is 16.2. The van der Waals surface area contributed by atoms with Crippen LogP contribution in [0.15, 0.2) is 35.3 Å². The van der Waals surface area contributed by atoms with Crippen LogP contribution in [-0.4, -0.2) is 57.8 Å². The summed E-state index contributed by atoms with van der Waals surface area (Å²) < 4.78 is 20.8. The van der Waals surface area contributed by atoms with Gasteiger partial charge in [-0.15, -0.1) is 0 Å². The highest BCUT2D eigenvalue weighted by Crippen LogP contribution is 2.23. The molecule has 25 heavy (non-hydrogen) atoms. The number of carbonyl (C=O) groups is 1. The molecular formula is C18H25FN4O2. The average molecular weight is 348 g/mol. The number of aromatic nitrogens is 2. The Kier molecular flexibility index (Phi) is 5.53. The molecule has 6 nitrogen and oxygen atoms in total. The molecule has 0 saturated carbocycles. The molecule has 7 heteroatoms. The van der Waals surface area contributed by atoms with Crippen LogP contribution in [0, 0.1) is 0 Å². The highest BCUT2D eigenvalue weighted by Gasteiger charge is 2.33. The molecule has 3 heterocycles. The van der Waals surface area contributed by atoms with Crippen LogP contribution in [0.4, 0.5) is 4.39 Å². The van der Waals surface area contributed by atoms with Crippen LogP contribution in [0.2, 0.25) is 0 Å². The van der Waals surface area contributed by atoms with Gasteiger partial charge in [0.05, 0.1) is 18.2 Å². The third-order valence-corrected chi connectivity index (χ3v) is 4.88. The van der Waals surface area contributed by atoms with Gasteiger partial charge < -0.3 is 9.32 Å². The fourth-order valence-corrected chi connectivity index (χ4v) is 3.37. The quantitative estimate of drug-likeness (QED) is 0.768. The van der Waals surface area contributed by atoms with Gasteiger partial charge in [-0.1, -0.05) is 0 Å². The third kappa shape index (κ3) is 4.48. The Hall–Kier alpha value is -2.15. The Balaban J connectivity index is 1.53. The number of hydrogen-bond donors (Lipinski definition) is 0. The monoisotopic (exact) mass is 348 g/mol. The lowest BCUT2D eigenvalue weighted by molar-refractivity contribution is -0.130. The number of halogens is 1. The lowest BCUT2D eigenvalue weighted by atomic mass is 10.1. The molecule has 1 amide bonds. The zero-order chi connectivity index (χ0) is 17.8. The van der Waals surface area contributed by atoms with Crippen molar-refractivity contribution in [3.05, 3.63) is 42.1 Å². The summed E-state index contributed by atoms with van der Waals surface area (Å²) in [7, 11) is 3.68. The number of furan rings is 1. The van der Waals surface area contributed by atoms with Gasteiger partial charge in [0, 0.05) is 52.4 Å². The molecule has 1 aliphatic heterocycles. The van der Waals surface area contributed by atoms with E-state index in [4.69, 9.17) is 4.42 Å². The zero-order valence-electron chi connectivity index (χ0n) is 14.8. The van der Waals surface area contributed by atoms with Crippen LogP contribution in [0.3, 0.4) is 0 Å². The third-order valence-electron chi connectivity index (χ3n) is 4.88. The number of hydrogen-bond acceptors (Lipinski definition) is 4. The summed E-state index contributed by atoms with van der Waals surface area (Å²) in [6.07, 6.45) is 5.74. The van der Waals surface area contributed by atoms with E-state index in [1.165, 1.54) is 0 Å². The lowest BCUT2D eigenvalue weighted by Gasteiger charge is -2.28. The van der Waals surface area contributed by atoms with Gasteiger partial charge in [-0.25, -0.2) is 4.39 Å². The average Bonchev–Trinajstić information content (AvgIpc) is 3.29. The number of nitrogens with zero attached hydrogens (tertiary/aromatic N) is 4. The summed E-state index contributed by atoms with van der Waals surface area (Å²) in [6.45, 7) is 1.61. The van der Waals surface area contributed by atoms with Crippen molar-refractivity contribution in [3.8, 4) is 0 Å². The first kappa shape index (κ1) is 17.7. The molecule has 0 aromatic carbocycles. The molecule has 0 N–H and O–H groups in total. The molecule has 0 bridgehead atoms. The van der Waals surface area contributed by atoms with E-state index in [0.29, 0.717) is 38.9 Å². The second-order valence-electron chi connectivity index (χ2n) is 6.77. The van der Waals surface area contributed by atoms with Crippen molar-refractivity contribution in [2.75, 3.05) is 20.1 Å². The maximum atomic E-state index is 14.0. The van der Waals surface area contributed by atoms with E-state index in [9.17, 15) is 9.18 Å². The van der Waals surface area contributed by atoms with Crippen LogP contribution in [0.5, 0.6) is 0 Å². The van der Waals surface area contributed by atoms with Gasteiger partial charge in [0.1, 0.15) is 6.17 Å². The molecule has 1 fully saturated rings. The van der Waals surface area contributed by atoms with E-state index >= 15 is 0 Å². The predicted molar refractivity (Wildman–Crippen MR) is 91.6 cm³/mol. The van der Waals surface area contributed by atoms with Gasteiger partial charge >= 0.3 is 0 Å². The molecule has 3 rings (SSSR count). The van der Waals surface area contributed by atoms with Gasteiger partial charge in [-0.2, -0.15) is 5.10 Å². The molecule has 2 atom stereocenters. The minimum atomic E-state index is -0.840. The Labute approximate surface area is 147 Å². The van der Waals surface area contributed by atoms with E-state index in [1.807, 2.05) is 23.9 Å². The van der Waals surface area contributed by atoms with E-state index in [0.717, 1.165) is 11.3 Å². The standard InChI is InChI=1S/C18H25FN4O2/c1-21(18(24)4-3-14-6-8-25-13-14)11-17-9-15(19)10-23(17)12-16-5-7-20-22(16)2/h5-8,13,15,17H,3-4,9-12H2,1-2H3/t15-,17-/m0/s1. The van der Waals surface area contributed by atoms with Crippen LogP contribution in [0.25, 0.3) is 0 Å². The fraction of sp³-hybridized carbons (Fsp3) is 0.556. The first-order chi connectivity index (χ1) is 12.0. The van der Waals surface area contributed by atoms with Crippen molar-refractivity contribution in [1.82, 2.24) is 19.6 Å². The Bertz CT molecular complexity index is 685. The number of aryl methyl sites for hydroxylation is 2. The predicted octanol–water partition coefficient (Wildman–Crippen LogP) is 2.02. The number of likely N-dealkylation sites (tertiary alicyclic amines) is 1. The smallest absolute Gasteiger partial charge is 0.222 e. The molecule has 1 aliphatic rings. The van der Waals surface area contributed by atoms with Crippen molar-refractivity contribution in [2.45, 2.75) is 38.0 Å². The fourth-order valence-electron chi connectivity index (χ4n) is 3.37. The SMILES string of the molecule is CN(C[C@@H]1C[C@H](F)CN1Cc1ccnn1C)C(=O)CCc1ccoc1. The Morgan fingerprint density at radius 3 is 3.00 bits per heavy atom. The van der Waals surface area contributed by atoms with E-state index < -0.39 is 6.17 Å². The molecule has 136 valence electrons. The van der Waals surface area contributed by atoms with Crippen molar-refractivity contribution >= 4 is 5.91 Å². The number of rotatable bonds is 7. The van der Waals surface area contributed by atoms with Crippen LogP contribution in [0.1, 0.15) is 24.1 Å². The summed E-state index contributed by atoms with van der Waals surface area (Å²) in [5.74, 6) is 0.0731. The van der Waals surface area contributed by atoms with Gasteiger partial charge in [0.25, 0.3) is 0 Å². The van der Waals surface area contributed by atoms with Gasteiger partial charge in [0.2, 0.25) is 5.91 Å². The van der Waals surface area contributed by atoms with Crippen molar-refractivity contribution < 1.29 is 13.6 Å². The molecule has 0 radical (unpaired) electrons. The van der Waals surface area contributed by atoms with Gasteiger partial charge in [-0.05, 0) is 30.5 Å². The highest BCUT2D eigenvalue weighted by atomic mass is 19.1. The molecule has 2 aromatic heterocycles. The number of amides is 1. The lowest BCUT2D eigenvalue weighted by Crippen LogP contribution is -2.41. The van der Waals surface area contributed by atoms with Crippen LogP contribution < -0.4 is 0 Å². The normalized spacial score (nSPS) is 20.9. The van der Waals surface area contributed by atoms with E-state index in [-0.39, 0.29) is 11.9 Å². The Morgan fingerprint density at radius 2 is 2.32 bits per heavy atom. The topological polar surface area (TPSA) is 54.5 Å². The molecule has 1 saturated heterocycles. The van der Waals surface area contributed by atoms with Gasteiger partial charge in [-0.3, -0.25) is 14.4 Å². The second-order valence-corrected chi connectivity index (χ2v) is 6.77. The summed E-state index contributed by atoms with van der Waals surface area (Å²) in [5.41, 5.74) is 2.07. The minimum Gasteiger partial charge on any atom is -0.472 e. The van der Waals surface area contributed by atoms with Crippen LogP contribution in [-0.2, 0) is 24.8 Å². The van der Waals surface area contributed by atoms with E-state index in [2.05, 4.69) is 10.00 Å². The van der Waals surface area contributed by atoms with Crippen molar-refractivity contribution in [2.24, 2.45) is 7.05 Å². The summed E-state index contributed by atoms with van der Waals surface area (Å²) in [6, 6.07) is 3.85. The maximum absolute atomic E-state index is 14.0. The molecule has 0 spiro atoms. The number of alkyl halides is 1. The Morgan fingerprint density at radius 1 is 1.48 bits per heavy atom. The number of likely N-dealkylation sites (N-methyl/N-ethyl adjacent to an activating group) is 1. The molecule has 0 aliphatic carbocycles. The van der Waals surface area contributed by atoms with Crippen molar-refractivity contribution in [1.29, 1.82) is 0 Å². The second kappa shape index (κ2) is 7.82. The maximum Gasteiger partial charge on any atom is 0.222 e. The largest absolute Gasteiger partial charge is 0.472 e. The highest BCUT2D eigenvalue weighted by molar-refractivity contribution is 5.76. The molecule has 0 unspecified atom stereocenters. The van der Waals surface area contributed by atoms with Crippen LogP contribution >= 0.6 is 0 Å². The minimum absolute atomic E-state index is 0.0350. The summed E-state index contributed by atoms with van der Waals surface area (Å²) in [5, 5.41) is 4.16.